The molecule has 94 valence electrons. The molecule has 6 heteroatoms. The molecular formula is C12H13FN4O. The molecule has 1 atom stereocenters. The monoisotopic (exact) mass is 248 g/mol. The summed E-state index contributed by atoms with van der Waals surface area (Å²) in [5.41, 5.74) is 6.46. The Kier molecular flexibility index (Phi) is 3.27. The van der Waals surface area contributed by atoms with Crippen molar-refractivity contribution in [2.24, 2.45) is 5.73 Å². The number of halogens is 1. The fourth-order valence-electron chi connectivity index (χ4n) is 1.61. The van der Waals surface area contributed by atoms with E-state index in [0.717, 1.165) is 5.69 Å². The number of aromatic nitrogens is 2. The molecular weight excluding hydrogens is 235 g/mol. The van der Waals surface area contributed by atoms with Gasteiger partial charge in [-0.25, -0.2) is 4.39 Å². The van der Waals surface area contributed by atoms with Crippen molar-refractivity contribution in [1.82, 2.24) is 10.2 Å². The maximum Gasteiger partial charge on any atom is 0.248 e. The third-order valence-corrected chi connectivity index (χ3v) is 2.61. The first-order valence-corrected chi connectivity index (χ1v) is 5.43. The highest BCUT2D eigenvalue weighted by Crippen LogP contribution is 2.21. The van der Waals surface area contributed by atoms with Crippen LogP contribution in [0.2, 0.25) is 0 Å². The van der Waals surface area contributed by atoms with E-state index in [1.165, 1.54) is 18.2 Å². The van der Waals surface area contributed by atoms with Crippen molar-refractivity contribution in [3.63, 3.8) is 0 Å². The molecule has 5 nitrogen and oxygen atoms in total. The van der Waals surface area contributed by atoms with Gasteiger partial charge in [-0.05, 0) is 31.2 Å². The van der Waals surface area contributed by atoms with Gasteiger partial charge in [0.1, 0.15) is 5.82 Å². The summed E-state index contributed by atoms with van der Waals surface area (Å²) in [7, 11) is 0. The van der Waals surface area contributed by atoms with Gasteiger partial charge in [0.05, 0.1) is 17.4 Å². The van der Waals surface area contributed by atoms with E-state index in [-0.39, 0.29) is 17.3 Å². The third-order valence-electron chi connectivity index (χ3n) is 2.61. The molecule has 2 rings (SSSR count). The van der Waals surface area contributed by atoms with Gasteiger partial charge in [-0.15, -0.1) is 0 Å². The number of amides is 1. The van der Waals surface area contributed by atoms with E-state index in [2.05, 4.69) is 15.5 Å². The Morgan fingerprint density at radius 2 is 2.28 bits per heavy atom. The molecule has 1 aromatic carbocycles. The Hall–Kier alpha value is -2.37. The smallest absolute Gasteiger partial charge is 0.248 e. The standard InChI is InChI=1S/C12H13FN4O/c1-7(10-4-5-15-17-10)16-11-6-8(12(14)18)2-3-9(11)13/h2-7,16H,1H3,(H2,14,18)(H,15,17). The molecule has 0 aliphatic heterocycles. The summed E-state index contributed by atoms with van der Waals surface area (Å²) in [6, 6.07) is 5.58. The Balaban J connectivity index is 2.23. The minimum Gasteiger partial charge on any atom is -0.375 e. The van der Waals surface area contributed by atoms with E-state index in [1.807, 2.05) is 6.92 Å². The summed E-state index contributed by atoms with van der Waals surface area (Å²) in [5, 5.41) is 9.56. The molecule has 1 amide bonds. The predicted molar refractivity (Wildman–Crippen MR) is 65.5 cm³/mol. The average molecular weight is 248 g/mol. The van der Waals surface area contributed by atoms with Crippen molar-refractivity contribution < 1.29 is 9.18 Å². The molecule has 4 N–H and O–H groups in total. The maximum atomic E-state index is 13.6. The minimum atomic E-state index is -0.591. The summed E-state index contributed by atoms with van der Waals surface area (Å²) in [5.74, 6) is -1.03. The highest BCUT2D eigenvalue weighted by molar-refractivity contribution is 5.93. The number of primary amides is 1. The van der Waals surface area contributed by atoms with Crippen LogP contribution >= 0.6 is 0 Å². The van der Waals surface area contributed by atoms with Crippen LogP contribution in [0.15, 0.2) is 30.5 Å². The van der Waals surface area contributed by atoms with Gasteiger partial charge in [-0.3, -0.25) is 9.89 Å². The number of hydrogen-bond donors (Lipinski definition) is 3. The van der Waals surface area contributed by atoms with E-state index < -0.39 is 11.7 Å². The normalized spacial score (nSPS) is 12.1. The highest BCUT2D eigenvalue weighted by Gasteiger charge is 2.11. The highest BCUT2D eigenvalue weighted by atomic mass is 19.1. The summed E-state index contributed by atoms with van der Waals surface area (Å²) in [6.45, 7) is 1.85. The molecule has 1 heterocycles. The summed E-state index contributed by atoms with van der Waals surface area (Å²) in [4.78, 5) is 11.0. The summed E-state index contributed by atoms with van der Waals surface area (Å²) < 4.78 is 13.6. The molecule has 18 heavy (non-hydrogen) atoms. The Labute approximate surface area is 103 Å². The van der Waals surface area contributed by atoms with Crippen LogP contribution in [0.1, 0.15) is 29.0 Å². The van der Waals surface area contributed by atoms with Crippen LogP contribution in [0.25, 0.3) is 0 Å². The molecule has 1 unspecified atom stereocenters. The second-order valence-corrected chi connectivity index (χ2v) is 3.94. The van der Waals surface area contributed by atoms with Gasteiger partial charge in [0.25, 0.3) is 0 Å². The van der Waals surface area contributed by atoms with Crippen molar-refractivity contribution in [3.05, 3.63) is 47.5 Å². The molecule has 2 aromatic rings. The number of nitrogens with zero attached hydrogens (tertiary/aromatic N) is 1. The molecule has 0 spiro atoms. The van der Waals surface area contributed by atoms with Crippen molar-refractivity contribution in [1.29, 1.82) is 0 Å². The molecule has 0 radical (unpaired) electrons. The number of nitrogens with two attached hydrogens (primary N) is 1. The van der Waals surface area contributed by atoms with E-state index in [4.69, 9.17) is 5.73 Å². The number of carbonyl (C=O) groups is 1. The fourth-order valence-corrected chi connectivity index (χ4v) is 1.61. The van der Waals surface area contributed by atoms with Gasteiger partial charge in [0, 0.05) is 11.8 Å². The first kappa shape index (κ1) is 12.1. The lowest BCUT2D eigenvalue weighted by Gasteiger charge is -2.14. The van der Waals surface area contributed by atoms with E-state index in [1.54, 1.807) is 12.3 Å². The van der Waals surface area contributed by atoms with Gasteiger partial charge in [0.15, 0.2) is 0 Å². The molecule has 0 saturated heterocycles. The summed E-state index contributed by atoms with van der Waals surface area (Å²) >= 11 is 0. The van der Waals surface area contributed by atoms with Gasteiger partial charge in [-0.2, -0.15) is 5.10 Å². The second kappa shape index (κ2) is 4.87. The molecule has 0 saturated carbocycles. The number of carbonyl (C=O) groups excluding carboxylic acids is 1. The molecule has 0 bridgehead atoms. The third kappa shape index (κ3) is 2.48. The fraction of sp³-hybridized carbons (Fsp3) is 0.167. The van der Waals surface area contributed by atoms with Gasteiger partial charge in [0.2, 0.25) is 5.91 Å². The Morgan fingerprint density at radius 1 is 1.50 bits per heavy atom. The zero-order valence-corrected chi connectivity index (χ0v) is 9.77. The second-order valence-electron chi connectivity index (χ2n) is 3.94. The quantitative estimate of drug-likeness (QED) is 0.771. The van der Waals surface area contributed by atoms with Crippen molar-refractivity contribution >= 4 is 11.6 Å². The zero-order valence-electron chi connectivity index (χ0n) is 9.77. The number of rotatable bonds is 4. The number of hydrogen-bond acceptors (Lipinski definition) is 3. The zero-order chi connectivity index (χ0) is 13.1. The first-order valence-electron chi connectivity index (χ1n) is 5.43. The van der Waals surface area contributed by atoms with Crippen LogP contribution in [0.5, 0.6) is 0 Å². The van der Waals surface area contributed by atoms with Gasteiger partial charge >= 0.3 is 0 Å². The molecule has 0 aliphatic carbocycles. The lowest BCUT2D eigenvalue weighted by atomic mass is 10.1. The number of anilines is 1. The molecule has 1 aromatic heterocycles. The lowest BCUT2D eigenvalue weighted by Crippen LogP contribution is -2.13. The lowest BCUT2D eigenvalue weighted by molar-refractivity contribution is 0.100. The number of nitrogens with one attached hydrogen (secondary N) is 2. The van der Waals surface area contributed by atoms with Crippen molar-refractivity contribution in [2.45, 2.75) is 13.0 Å². The minimum absolute atomic E-state index is 0.162. The Bertz CT molecular complexity index is 553. The van der Waals surface area contributed by atoms with E-state index in [9.17, 15) is 9.18 Å². The SMILES string of the molecule is CC(Nc1cc(C(N)=O)ccc1F)c1ccn[nH]1. The first-order chi connectivity index (χ1) is 8.58. The van der Waals surface area contributed by atoms with Crippen molar-refractivity contribution in [3.8, 4) is 0 Å². The van der Waals surface area contributed by atoms with Crippen LogP contribution in [0.3, 0.4) is 0 Å². The summed E-state index contributed by atoms with van der Waals surface area (Å²) in [6.07, 6.45) is 1.61. The molecule has 0 aliphatic rings. The van der Waals surface area contributed by atoms with Crippen LogP contribution < -0.4 is 11.1 Å². The number of aromatic amines is 1. The van der Waals surface area contributed by atoms with E-state index >= 15 is 0 Å². The molecule has 0 fully saturated rings. The van der Waals surface area contributed by atoms with Gasteiger partial charge in [-0.1, -0.05) is 0 Å². The predicted octanol–water partition coefficient (Wildman–Crippen LogP) is 1.82. The van der Waals surface area contributed by atoms with Gasteiger partial charge < -0.3 is 11.1 Å². The topological polar surface area (TPSA) is 83.8 Å². The average Bonchev–Trinajstić information content (AvgIpc) is 2.85. The van der Waals surface area contributed by atoms with Crippen LogP contribution in [0.4, 0.5) is 10.1 Å². The van der Waals surface area contributed by atoms with Crippen LogP contribution in [0, 0.1) is 5.82 Å². The number of H-pyrrole nitrogens is 1. The van der Waals surface area contributed by atoms with Crippen LogP contribution in [-0.4, -0.2) is 16.1 Å². The largest absolute Gasteiger partial charge is 0.375 e. The Morgan fingerprint density at radius 3 is 2.89 bits per heavy atom. The maximum absolute atomic E-state index is 13.6. The number of benzene rings is 1. The van der Waals surface area contributed by atoms with Crippen molar-refractivity contribution in [2.75, 3.05) is 5.32 Å². The van der Waals surface area contributed by atoms with Crippen LogP contribution in [-0.2, 0) is 0 Å². The van der Waals surface area contributed by atoms with E-state index in [0.29, 0.717) is 0 Å².